The van der Waals surface area contributed by atoms with Crippen LogP contribution < -0.4 is 10.6 Å². The molecular formula is C22H38N6O2. The first-order valence-corrected chi connectivity index (χ1v) is 11.4. The van der Waals surface area contributed by atoms with Crippen molar-refractivity contribution in [1.29, 1.82) is 0 Å². The number of amides is 2. The highest BCUT2D eigenvalue weighted by molar-refractivity contribution is 5.92. The summed E-state index contributed by atoms with van der Waals surface area (Å²) in [6.45, 7) is 5.94. The van der Waals surface area contributed by atoms with E-state index in [1.165, 1.54) is 6.42 Å². The number of likely N-dealkylation sites (N-methyl/N-ethyl adjacent to an activating group) is 1. The van der Waals surface area contributed by atoms with Gasteiger partial charge in [0.1, 0.15) is 5.69 Å². The fourth-order valence-corrected chi connectivity index (χ4v) is 4.57. The van der Waals surface area contributed by atoms with Crippen molar-refractivity contribution in [3.05, 3.63) is 17.5 Å². The van der Waals surface area contributed by atoms with E-state index in [0.717, 1.165) is 57.4 Å². The van der Waals surface area contributed by atoms with E-state index in [4.69, 9.17) is 0 Å². The van der Waals surface area contributed by atoms with Crippen LogP contribution in [-0.4, -0.2) is 78.6 Å². The molecule has 2 aliphatic rings. The van der Waals surface area contributed by atoms with E-state index in [-0.39, 0.29) is 11.8 Å². The molecular weight excluding hydrogens is 380 g/mol. The van der Waals surface area contributed by atoms with Crippen LogP contribution >= 0.6 is 0 Å². The van der Waals surface area contributed by atoms with Crippen molar-refractivity contribution in [3.63, 3.8) is 0 Å². The first-order valence-electron chi connectivity index (χ1n) is 11.4. The smallest absolute Gasteiger partial charge is 0.271 e. The highest BCUT2D eigenvalue weighted by Crippen LogP contribution is 2.30. The molecule has 2 amide bonds. The van der Waals surface area contributed by atoms with E-state index < -0.39 is 0 Å². The molecule has 3 N–H and O–H groups in total. The van der Waals surface area contributed by atoms with Crippen LogP contribution in [-0.2, 0) is 4.79 Å². The van der Waals surface area contributed by atoms with E-state index in [0.29, 0.717) is 36.7 Å². The second-order valence-electron chi connectivity index (χ2n) is 9.08. The van der Waals surface area contributed by atoms with Gasteiger partial charge in [0.05, 0.1) is 18.3 Å². The molecule has 1 atom stereocenters. The van der Waals surface area contributed by atoms with Gasteiger partial charge >= 0.3 is 0 Å². The molecule has 30 heavy (non-hydrogen) atoms. The largest absolute Gasteiger partial charge is 0.355 e. The minimum absolute atomic E-state index is 0.0902. The maximum Gasteiger partial charge on any atom is 0.271 e. The number of nitrogens with zero attached hydrogens (tertiary/aromatic N) is 3. The van der Waals surface area contributed by atoms with Gasteiger partial charge in [-0.1, -0.05) is 6.92 Å². The zero-order chi connectivity index (χ0) is 21.5. The molecule has 0 aromatic carbocycles. The second kappa shape index (κ2) is 10.9. The number of nitrogens with one attached hydrogen (secondary N) is 3. The van der Waals surface area contributed by atoms with Crippen molar-refractivity contribution in [2.75, 3.05) is 46.8 Å². The van der Waals surface area contributed by atoms with E-state index in [2.05, 4.69) is 32.8 Å². The van der Waals surface area contributed by atoms with Gasteiger partial charge in [-0.05, 0) is 83.6 Å². The van der Waals surface area contributed by atoms with E-state index in [1.54, 1.807) is 0 Å². The summed E-state index contributed by atoms with van der Waals surface area (Å²) in [7, 11) is 4.07. The van der Waals surface area contributed by atoms with Crippen molar-refractivity contribution in [2.45, 2.75) is 51.5 Å². The highest BCUT2D eigenvalue weighted by Gasteiger charge is 2.26. The summed E-state index contributed by atoms with van der Waals surface area (Å²) >= 11 is 0. The molecule has 1 aliphatic heterocycles. The van der Waals surface area contributed by atoms with Gasteiger partial charge in [-0.15, -0.1) is 0 Å². The Morgan fingerprint density at radius 1 is 1.17 bits per heavy atom. The van der Waals surface area contributed by atoms with Gasteiger partial charge in [-0.2, -0.15) is 5.10 Å². The quantitative estimate of drug-likeness (QED) is 0.568. The lowest BCUT2D eigenvalue weighted by Gasteiger charge is -2.28. The molecule has 1 unspecified atom stereocenters. The summed E-state index contributed by atoms with van der Waals surface area (Å²) in [5, 5.41) is 13.4. The maximum atomic E-state index is 12.5. The number of hydrogen-bond acceptors (Lipinski definition) is 5. The molecule has 0 bridgehead atoms. The number of carbonyl (C=O) groups is 2. The van der Waals surface area contributed by atoms with Gasteiger partial charge in [0, 0.05) is 13.1 Å². The molecule has 3 rings (SSSR count). The number of carbonyl (C=O) groups excluding carboxylic acids is 2. The molecule has 0 spiro atoms. The minimum atomic E-state index is -0.0902. The third-order valence-electron chi connectivity index (χ3n) is 6.77. The Bertz CT molecular complexity index is 698. The fourth-order valence-electron chi connectivity index (χ4n) is 4.57. The Balaban J connectivity index is 1.34. The lowest BCUT2D eigenvalue weighted by atomic mass is 9.82. The van der Waals surface area contributed by atoms with Crippen LogP contribution in [0.15, 0.2) is 6.07 Å². The molecule has 0 radical (unpaired) electrons. The van der Waals surface area contributed by atoms with E-state index in [1.807, 2.05) is 24.9 Å². The number of likely N-dealkylation sites (tertiary alicyclic amines) is 1. The third-order valence-corrected chi connectivity index (χ3v) is 6.77. The molecule has 1 aliphatic carbocycles. The van der Waals surface area contributed by atoms with Gasteiger partial charge < -0.3 is 10.6 Å². The number of H-pyrrole nitrogens is 1. The average Bonchev–Trinajstić information content (AvgIpc) is 3.40. The molecule has 1 saturated carbocycles. The summed E-state index contributed by atoms with van der Waals surface area (Å²) in [4.78, 5) is 28.7. The van der Waals surface area contributed by atoms with Crippen molar-refractivity contribution in [2.24, 2.45) is 11.8 Å². The summed E-state index contributed by atoms with van der Waals surface area (Å²) in [5.74, 6) is 1.07. The van der Waals surface area contributed by atoms with E-state index >= 15 is 0 Å². The van der Waals surface area contributed by atoms with Crippen LogP contribution in [0.2, 0.25) is 0 Å². The van der Waals surface area contributed by atoms with E-state index in [9.17, 15) is 9.59 Å². The molecule has 2 fully saturated rings. The Morgan fingerprint density at radius 2 is 1.83 bits per heavy atom. The first-order chi connectivity index (χ1) is 14.5. The highest BCUT2D eigenvalue weighted by atomic mass is 16.2. The number of aromatic nitrogens is 2. The lowest BCUT2D eigenvalue weighted by Crippen LogP contribution is -2.38. The summed E-state index contributed by atoms with van der Waals surface area (Å²) in [5.41, 5.74) is 1.52. The number of hydrogen-bond donors (Lipinski definition) is 3. The Hall–Kier alpha value is -1.93. The SMILES string of the molecule is CCN(C)CC(=O)NCC1CCC(CNC(=O)c2cc(C3CCCN3C)[nH]n2)CC1. The second-order valence-corrected chi connectivity index (χ2v) is 9.08. The Kier molecular flexibility index (Phi) is 8.27. The molecule has 1 saturated heterocycles. The predicted octanol–water partition coefficient (Wildman–Crippen LogP) is 1.78. The number of aromatic amines is 1. The molecule has 168 valence electrons. The first kappa shape index (κ1) is 22.7. The topological polar surface area (TPSA) is 93.4 Å². The van der Waals surface area contributed by atoms with Gasteiger partial charge in [0.2, 0.25) is 5.91 Å². The summed E-state index contributed by atoms with van der Waals surface area (Å²) in [6.07, 6.45) is 6.68. The van der Waals surface area contributed by atoms with Crippen molar-refractivity contribution < 1.29 is 9.59 Å². The molecule has 8 heteroatoms. The van der Waals surface area contributed by atoms with Crippen molar-refractivity contribution >= 4 is 11.8 Å². The van der Waals surface area contributed by atoms with Crippen LogP contribution in [0.1, 0.15) is 67.7 Å². The van der Waals surface area contributed by atoms with Crippen LogP contribution in [0.5, 0.6) is 0 Å². The van der Waals surface area contributed by atoms with Crippen LogP contribution in [0.3, 0.4) is 0 Å². The Morgan fingerprint density at radius 3 is 2.43 bits per heavy atom. The van der Waals surface area contributed by atoms with Gasteiger partial charge in [-0.3, -0.25) is 24.5 Å². The van der Waals surface area contributed by atoms with Crippen molar-refractivity contribution in [1.82, 2.24) is 30.6 Å². The molecule has 2 heterocycles. The molecule has 1 aromatic heterocycles. The van der Waals surface area contributed by atoms with Gasteiger partial charge in [0.15, 0.2) is 0 Å². The zero-order valence-corrected chi connectivity index (χ0v) is 18.7. The monoisotopic (exact) mass is 418 g/mol. The van der Waals surface area contributed by atoms with Crippen LogP contribution in [0, 0.1) is 11.8 Å². The predicted molar refractivity (Wildman–Crippen MR) is 117 cm³/mol. The van der Waals surface area contributed by atoms with Crippen molar-refractivity contribution in [3.8, 4) is 0 Å². The normalized spacial score (nSPS) is 24.9. The summed E-state index contributed by atoms with van der Waals surface area (Å²) < 4.78 is 0. The molecule has 1 aromatic rings. The maximum absolute atomic E-state index is 12.5. The van der Waals surface area contributed by atoms with Crippen LogP contribution in [0.4, 0.5) is 0 Å². The lowest BCUT2D eigenvalue weighted by molar-refractivity contribution is -0.122. The molecule has 8 nitrogen and oxygen atoms in total. The van der Waals surface area contributed by atoms with Crippen LogP contribution in [0.25, 0.3) is 0 Å². The minimum Gasteiger partial charge on any atom is -0.355 e. The van der Waals surface area contributed by atoms with Gasteiger partial charge in [-0.25, -0.2) is 0 Å². The zero-order valence-electron chi connectivity index (χ0n) is 18.7. The fraction of sp³-hybridized carbons (Fsp3) is 0.773. The van der Waals surface area contributed by atoms with Gasteiger partial charge in [0.25, 0.3) is 5.91 Å². The standard InChI is InChI=1S/C22H38N6O2/c1-4-27(2)15-21(29)23-13-16-7-9-17(10-8-16)14-24-22(30)19-12-18(25-26-19)20-6-5-11-28(20)3/h12,16-17,20H,4-11,13-15H2,1-3H3,(H,23,29)(H,24,30)(H,25,26). The Labute approximate surface area is 180 Å². The average molecular weight is 419 g/mol. The number of rotatable bonds is 9. The third kappa shape index (κ3) is 6.28. The summed E-state index contributed by atoms with van der Waals surface area (Å²) in [6, 6.07) is 2.24.